The molecular weight excluding hydrogens is 434 g/mol. The number of nitrogens with two attached hydrogens (primary N) is 1. The molecule has 0 fully saturated rings. The van der Waals surface area contributed by atoms with Gasteiger partial charge in [-0.2, -0.15) is 5.26 Å². The van der Waals surface area contributed by atoms with Crippen LogP contribution in [0.5, 0.6) is 5.88 Å². The number of carbonyl (C=O) groups excluding carboxylic acids is 1. The van der Waals surface area contributed by atoms with Gasteiger partial charge >= 0.3 is 5.69 Å². The van der Waals surface area contributed by atoms with Gasteiger partial charge in [-0.05, 0) is 6.07 Å². The number of hydrogen-bond donors (Lipinski definition) is 3. The fourth-order valence-corrected chi connectivity index (χ4v) is 4.43. The van der Waals surface area contributed by atoms with Crippen molar-refractivity contribution >= 4 is 39.7 Å². The van der Waals surface area contributed by atoms with Crippen LogP contribution < -0.4 is 21.1 Å². The fourth-order valence-electron chi connectivity index (χ4n) is 3.74. The Morgan fingerprint density at radius 3 is 2.78 bits per heavy atom. The highest BCUT2D eigenvalue weighted by molar-refractivity contribution is 9.09. The summed E-state index contributed by atoms with van der Waals surface area (Å²) in [6.45, 7) is 0.381. The zero-order chi connectivity index (χ0) is 19.3. The molecule has 0 radical (unpaired) electrons. The summed E-state index contributed by atoms with van der Waals surface area (Å²) in [5.74, 6) is -0.659. The zero-order valence-electron chi connectivity index (χ0n) is 13.7. The third-order valence-electron chi connectivity index (χ3n) is 4.70. The first-order valence-corrected chi connectivity index (χ1v) is 9.42. The number of nitriles is 1. The molecule has 1 amide bonds. The third-order valence-corrected chi connectivity index (χ3v) is 5.36. The normalized spacial score (nSPS) is 20.3. The van der Waals surface area contributed by atoms with E-state index in [1.54, 1.807) is 29.2 Å². The minimum absolute atomic E-state index is 0.0119. The van der Waals surface area contributed by atoms with E-state index in [0.717, 1.165) is 0 Å². The number of rotatable bonds is 2. The number of nitrogens with one attached hydrogen (secondary N) is 2. The van der Waals surface area contributed by atoms with E-state index in [0.29, 0.717) is 23.1 Å². The smallest absolute Gasteiger partial charge is 0.326 e. The summed E-state index contributed by atoms with van der Waals surface area (Å²) in [6, 6.07) is 9.14. The van der Waals surface area contributed by atoms with Gasteiger partial charge in [0.1, 0.15) is 21.7 Å². The second kappa shape index (κ2) is 6.07. The van der Waals surface area contributed by atoms with E-state index in [4.69, 9.17) is 22.7 Å². The Morgan fingerprint density at radius 2 is 2.07 bits per heavy atom. The van der Waals surface area contributed by atoms with E-state index in [1.807, 2.05) is 6.07 Å². The molecule has 10 heteroatoms. The maximum atomic E-state index is 13.7. The minimum Gasteiger partial charge on any atom is -0.424 e. The molecule has 4 N–H and O–H groups in total. The van der Waals surface area contributed by atoms with Gasteiger partial charge in [0.15, 0.2) is 0 Å². The molecule has 1 aromatic heterocycles. The van der Waals surface area contributed by atoms with Crippen LogP contribution in [-0.2, 0) is 10.2 Å². The number of aromatic amines is 2. The Kier molecular flexibility index (Phi) is 3.94. The molecule has 0 saturated carbocycles. The number of fused-ring (bicyclic) bond motifs is 4. The number of amides is 1. The summed E-state index contributed by atoms with van der Waals surface area (Å²) in [6.07, 6.45) is 0. The summed E-state index contributed by atoms with van der Waals surface area (Å²) in [5, 5.41) is 10.4. The van der Waals surface area contributed by atoms with Gasteiger partial charge in [0.2, 0.25) is 17.7 Å². The van der Waals surface area contributed by atoms with Crippen molar-refractivity contribution in [1.82, 2.24) is 9.97 Å². The van der Waals surface area contributed by atoms with Crippen LogP contribution in [0.2, 0.25) is 0 Å². The molecule has 3 heterocycles. The molecule has 8 nitrogen and oxygen atoms in total. The molecule has 0 saturated heterocycles. The number of anilines is 1. The maximum Gasteiger partial charge on any atom is 0.326 e. The highest BCUT2D eigenvalue weighted by Crippen LogP contribution is 2.54. The Labute approximate surface area is 166 Å². The molecule has 4 rings (SSSR count). The number of alkyl halides is 1. The number of benzene rings is 1. The number of aromatic nitrogens is 2. The van der Waals surface area contributed by atoms with E-state index in [1.165, 1.54) is 0 Å². The number of halogens is 1. The van der Waals surface area contributed by atoms with Crippen LogP contribution in [0.3, 0.4) is 0 Å². The molecule has 2 aromatic rings. The fraction of sp³-hybridized carbons (Fsp3) is 0.176. The van der Waals surface area contributed by atoms with Crippen LogP contribution in [0.15, 0.2) is 40.5 Å². The Morgan fingerprint density at radius 1 is 1.33 bits per heavy atom. The highest BCUT2D eigenvalue weighted by atomic mass is 79.9. The van der Waals surface area contributed by atoms with Crippen LogP contribution in [0, 0.1) is 16.0 Å². The van der Waals surface area contributed by atoms with Crippen molar-refractivity contribution in [1.29, 1.82) is 5.26 Å². The first kappa shape index (κ1) is 17.5. The number of para-hydroxylation sites is 1. The SMILES string of the molecule is N#CC1=C(N)Oc2[nH]c(=O)[nH]c(=S)c2C12C(=O)N(CCBr)c1ccccc12. The Balaban J connectivity index is 2.20. The predicted octanol–water partition coefficient (Wildman–Crippen LogP) is 1.55. The molecule has 0 bridgehead atoms. The van der Waals surface area contributed by atoms with Gasteiger partial charge in [0.25, 0.3) is 0 Å². The topological polar surface area (TPSA) is 128 Å². The van der Waals surface area contributed by atoms with Crippen molar-refractivity contribution in [2.45, 2.75) is 5.41 Å². The Hall–Kier alpha value is -2.90. The van der Waals surface area contributed by atoms with Crippen LogP contribution in [-0.4, -0.2) is 27.7 Å². The van der Waals surface area contributed by atoms with Gasteiger partial charge < -0.3 is 15.4 Å². The van der Waals surface area contributed by atoms with E-state index in [-0.39, 0.29) is 33.4 Å². The molecule has 1 spiro atoms. The van der Waals surface area contributed by atoms with Crippen molar-refractivity contribution in [2.24, 2.45) is 5.73 Å². The number of carbonyl (C=O) groups is 1. The average Bonchev–Trinajstić information content (AvgIpc) is 2.85. The van der Waals surface area contributed by atoms with Gasteiger partial charge in [-0.3, -0.25) is 14.8 Å². The molecule has 2 aliphatic rings. The molecule has 1 unspecified atom stereocenters. The average molecular weight is 446 g/mol. The molecule has 1 atom stereocenters. The molecule has 136 valence electrons. The first-order valence-electron chi connectivity index (χ1n) is 7.89. The van der Waals surface area contributed by atoms with Crippen LogP contribution in [0.1, 0.15) is 11.1 Å². The predicted molar refractivity (Wildman–Crippen MR) is 103 cm³/mol. The van der Waals surface area contributed by atoms with Crippen molar-refractivity contribution in [2.75, 3.05) is 16.8 Å². The second-order valence-electron chi connectivity index (χ2n) is 5.98. The summed E-state index contributed by atoms with van der Waals surface area (Å²) in [4.78, 5) is 32.1. The van der Waals surface area contributed by atoms with Crippen molar-refractivity contribution < 1.29 is 9.53 Å². The van der Waals surface area contributed by atoms with Crippen LogP contribution in [0.25, 0.3) is 0 Å². The lowest BCUT2D eigenvalue weighted by molar-refractivity contribution is -0.120. The molecular formula is C17H12BrN5O3S. The quantitative estimate of drug-likeness (QED) is 0.475. The van der Waals surface area contributed by atoms with Crippen LogP contribution >= 0.6 is 28.1 Å². The van der Waals surface area contributed by atoms with Crippen molar-refractivity contribution in [3.8, 4) is 11.9 Å². The van der Waals surface area contributed by atoms with Gasteiger partial charge in [0, 0.05) is 23.1 Å². The first-order chi connectivity index (χ1) is 13.0. The lowest BCUT2D eigenvalue weighted by atomic mass is 9.70. The molecule has 1 aromatic carbocycles. The largest absolute Gasteiger partial charge is 0.424 e. The lowest BCUT2D eigenvalue weighted by Crippen LogP contribution is -2.47. The van der Waals surface area contributed by atoms with Crippen molar-refractivity contribution in [3.05, 3.63) is 62.0 Å². The third kappa shape index (κ3) is 2.15. The molecule has 0 aliphatic carbocycles. The number of H-pyrrole nitrogens is 2. The van der Waals surface area contributed by atoms with E-state index >= 15 is 0 Å². The summed E-state index contributed by atoms with van der Waals surface area (Å²) in [5.41, 5.74) is 5.16. The number of hydrogen-bond acceptors (Lipinski definition) is 6. The summed E-state index contributed by atoms with van der Waals surface area (Å²) < 4.78 is 5.47. The van der Waals surface area contributed by atoms with Gasteiger partial charge in [-0.1, -0.05) is 46.3 Å². The lowest BCUT2D eigenvalue weighted by Gasteiger charge is -2.33. The van der Waals surface area contributed by atoms with Gasteiger partial charge in [0.05, 0.1) is 5.56 Å². The minimum atomic E-state index is -1.58. The summed E-state index contributed by atoms with van der Waals surface area (Å²) in [7, 11) is 0. The summed E-state index contributed by atoms with van der Waals surface area (Å²) >= 11 is 8.71. The maximum absolute atomic E-state index is 13.7. The van der Waals surface area contributed by atoms with E-state index in [9.17, 15) is 14.9 Å². The van der Waals surface area contributed by atoms with E-state index < -0.39 is 11.1 Å². The highest BCUT2D eigenvalue weighted by Gasteiger charge is 2.60. The van der Waals surface area contributed by atoms with Crippen molar-refractivity contribution in [3.63, 3.8) is 0 Å². The van der Waals surface area contributed by atoms with Gasteiger partial charge in [-0.25, -0.2) is 4.79 Å². The molecule has 27 heavy (non-hydrogen) atoms. The van der Waals surface area contributed by atoms with Gasteiger partial charge in [-0.15, -0.1) is 0 Å². The zero-order valence-corrected chi connectivity index (χ0v) is 16.1. The molecule has 2 aliphatic heterocycles. The van der Waals surface area contributed by atoms with Crippen LogP contribution in [0.4, 0.5) is 5.69 Å². The second-order valence-corrected chi connectivity index (χ2v) is 7.18. The Bertz CT molecular complexity index is 1180. The monoisotopic (exact) mass is 445 g/mol. The van der Waals surface area contributed by atoms with E-state index in [2.05, 4.69) is 25.9 Å². The standard InChI is InChI=1S/C17H12BrN5O3S/c18-5-6-23-10-4-2-1-3-8(10)17(15(23)24)9(7-19)12(20)26-13-11(17)14(27)22-16(25)21-13/h1-4H,5-6,20H2,(H2,21,22,25,27). The number of nitrogens with zero attached hydrogens (tertiary/aromatic N) is 2. The number of ether oxygens (including phenoxy) is 1.